The smallest absolute Gasteiger partial charge is 0.221 e. The molecular formula is C46H81ClN4O3. The summed E-state index contributed by atoms with van der Waals surface area (Å²) in [6, 6.07) is 20.4. The first-order valence-corrected chi connectivity index (χ1v) is 22.1. The normalized spacial score (nSPS) is 11.6. The maximum Gasteiger partial charge on any atom is 0.221 e. The molecule has 8 heteroatoms. The highest BCUT2D eigenvalue weighted by Crippen LogP contribution is 2.22. The van der Waals surface area contributed by atoms with Gasteiger partial charge >= 0.3 is 0 Å². The standard InChI is InChI=1S/C46H80N4O3.ClH/c1-3-5-7-9-11-13-15-17-19-21-23-31-39-52-49(43-33-27-25-28-34-43)42-45(41-48-46(51)37-38-47)50(44-35-29-26-30-36-44)53-40-32-24-22-20-18-16-14-12-10-8-6-4-2;/h25-30,33-36,45H,3-24,31-32,37-42,47H2,1-2H3,(H,48,51);1H. The zero-order chi connectivity index (χ0) is 37.9. The van der Waals surface area contributed by atoms with E-state index >= 15 is 0 Å². The molecule has 2 aromatic rings. The molecule has 2 aromatic carbocycles. The van der Waals surface area contributed by atoms with Crippen molar-refractivity contribution in [3.63, 3.8) is 0 Å². The van der Waals surface area contributed by atoms with Crippen LogP contribution in [0.5, 0.6) is 0 Å². The van der Waals surface area contributed by atoms with Gasteiger partial charge in [-0.1, -0.05) is 192 Å². The summed E-state index contributed by atoms with van der Waals surface area (Å²) < 4.78 is 0. The van der Waals surface area contributed by atoms with Gasteiger partial charge in [-0.05, 0) is 37.1 Å². The number of carbonyl (C=O) groups is 1. The van der Waals surface area contributed by atoms with Gasteiger partial charge in [0.15, 0.2) is 0 Å². The summed E-state index contributed by atoms with van der Waals surface area (Å²) >= 11 is 0. The minimum atomic E-state index is -0.196. The predicted molar refractivity (Wildman–Crippen MR) is 234 cm³/mol. The molecule has 0 fully saturated rings. The van der Waals surface area contributed by atoms with E-state index in [0.717, 1.165) is 30.6 Å². The van der Waals surface area contributed by atoms with E-state index in [-0.39, 0.29) is 24.4 Å². The highest BCUT2D eigenvalue weighted by atomic mass is 35.5. The van der Waals surface area contributed by atoms with Crippen molar-refractivity contribution >= 4 is 29.7 Å². The van der Waals surface area contributed by atoms with Crippen LogP contribution in [-0.2, 0) is 14.5 Å². The minimum absolute atomic E-state index is 0. The third kappa shape index (κ3) is 25.7. The number of hydrogen-bond acceptors (Lipinski definition) is 6. The van der Waals surface area contributed by atoms with Crippen molar-refractivity contribution < 1.29 is 14.5 Å². The Labute approximate surface area is 338 Å². The molecule has 7 nitrogen and oxygen atoms in total. The van der Waals surface area contributed by atoms with Crippen molar-refractivity contribution in [2.75, 3.05) is 43.0 Å². The zero-order valence-electron chi connectivity index (χ0n) is 34.7. The van der Waals surface area contributed by atoms with Crippen LogP contribution in [0.2, 0.25) is 0 Å². The Morgan fingerprint density at radius 2 is 0.963 bits per heavy atom. The van der Waals surface area contributed by atoms with Gasteiger partial charge in [0, 0.05) is 19.5 Å². The zero-order valence-corrected chi connectivity index (χ0v) is 35.5. The summed E-state index contributed by atoms with van der Waals surface area (Å²) in [7, 11) is 0. The molecule has 0 aliphatic carbocycles. The fourth-order valence-corrected chi connectivity index (χ4v) is 6.88. The van der Waals surface area contributed by atoms with Gasteiger partial charge in [-0.3, -0.25) is 19.5 Å². The highest BCUT2D eigenvalue weighted by molar-refractivity contribution is 5.85. The second kappa shape index (κ2) is 36.3. The molecule has 0 aliphatic heterocycles. The molecule has 0 aliphatic rings. The molecule has 1 amide bonds. The average Bonchev–Trinajstić information content (AvgIpc) is 3.18. The number of nitrogens with zero attached hydrogens (tertiary/aromatic N) is 2. The molecule has 54 heavy (non-hydrogen) atoms. The second-order valence-electron chi connectivity index (χ2n) is 15.0. The van der Waals surface area contributed by atoms with E-state index in [9.17, 15) is 4.79 Å². The summed E-state index contributed by atoms with van der Waals surface area (Å²) in [6.07, 6.45) is 31.8. The molecule has 3 N–H and O–H groups in total. The molecule has 0 saturated carbocycles. The first kappa shape index (κ1) is 49.7. The topological polar surface area (TPSA) is 80.1 Å². The van der Waals surface area contributed by atoms with Crippen molar-refractivity contribution in [3.05, 3.63) is 60.7 Å². The molecule has 0 heterocycles. The van der Waals surface area contributed by atoms with E-state index in [0.29, 0.717) is 39.3 Å². The minimum Gasteiger partial charge on any atom is -0.354 e. The first-order valence-electron chi connectivity index (χ1n) is 22.1. The second-order valence-corrected chi connectivity index (χ2v) is 15.0. The van der Waals surface area contributed by atoms with Crippen LogP contribution in [-0.4, -0.2) is 44.8 Å². The predicted octanol–water partition coefficient (Wildman–Crippen LogP) is 12.5. The molecular weight excluding hydrogens is 692 g/mol. The van der Waals surface area contributed by atoms with Gasteiger partial charge in [-0.2, -0.15) is 0 Å². The summed E-state index contributed by atoms with van der Waals surface area (Å²) in [4.78, 5) is 25.8. The average molecular weight is 774 g/mol. The van der Waals surface area contributed by atoms with Crippen LogP contribution >= 0.6 is 12.4 Å². The lowest BCUT2D eigenvalue weighted by atomic mass is 10.1. The molecule has 0 radical (unpaired) electrons. The fraction of sp³-hybridized carbons (Fsp3) is 0.717. The van der Waals surface area contributed by atoms with Crippen LogP contribution in [0.25, 0.3) is 0 Å². The number of anilines is 2. The number of nitrogens with one attached hydrogen (secondary N) is 1. The van der Waals surface area contributed by atoms with Gasteiger partial charge in [0.25, 0.3) is 0 Å². The molecule has 0 aromatic heterocycles. The lowest BCUT2D eigenvalue weighted by molar-refractivity contribution is -0.121. The van der Waals surface area contributed by atoms with Gasteiger partial charge in [-0.15, -0.1) is 12.4 Å². The lowest BCUT2D eigenvalue weighted by Gasteiger charge is -2.36. The van der Waals surface area contributed by atoms with Gasteiger partial charge in [-0.25, -0.2) is 5.06 Å². The van der Waals surface area contributed by atoms with E-state index in [1.165, 1.54) is 135 Å². The summed E-state index contributed by atoms with van der Waals surface area (Å²) in [5.74, 6) is -0.0462. The van der Waals surface area contributed by atoms with Crippen molar-refractivity contribution in [2.45, 2.75) is 180 Å². The number of rotatable bonds is 37. The molecule has 0 spiro atoms. The lowest BCUT2D eigenvalue weighted by Crippen LogP contribution is -2.51. The van der Waals surface area contributed by atoms with E-state index in [1.54, 1.807) is 0 Å². The Balaban J connectivity index is 0.0000146. The first-order chi connectivity index (χ1) is 26.2. The van der Waals surface area contributed by atoms with E-state index in [1.807, 2.05) is 46.5 Å². The number of benzene rings is 2. The number of halogens is 1. The summed E-state index contributed by atoms with van der Waals surface area (Å²) in [5.41, 5.74) is 7.69. The maximum atomic E-state index is 12.7. The monoisotopic (exact) mass is 773 g/mol. The van der Waals surface area contributed by atoms with E-state index in [4.69, 9.17) is 15.4 Å². The van der Waals surface area contributed by atoms with Crippen molar-refractivity contribution in [3.8, 4) is 0 Å². The number of amides is 1. The fourth-order valence-electron chi connectivity index (χ4n) is 6.88. The van der Waals surface area contributed by atoms with Crippen LogP contribution in [0.3, 0.4) is 0 Å². The largest absolute Gasteiger partial charge is 0.354 e. The van der Waals surface area contributed by atoms with Crippen molar-refractivity contribution in [1.29, 1.82) is 0 Å². The quantitative estimate of drug-likeness (QED) is 0.0526. The third-order valence-electron chi connectivity index (χ3n) is 10.1. The van der Waals surface area contributed by atoms with Gasteiger partial charge in [0.2, 0.25) is 5.91 Å². The Bertz CT molecular complexity index is 1080. The summed E-state index contributed by atoms with van der Waals surface area (Å²) in [5, 5.41) is 7.14. The molecule has 310 valence electrons. The van der Waals surface area contributed by atoms with E-state index < -0.39 is 0 Å². The SMILES string of the molecule is CCCCCCCCCCCCCCON(CC(CNC(=O)CCN)N(OCCCCCCCCCCCCCC)c1ccccc1)c1ccccc1.Cl. The Morgan fingerprint density at radius 1 is 0.574 bits per heavy atom. The van der Waals surface area contributed by atoms with Gasteiger partial charge in [0.05, 0.1) is 37.2 Å². The van der Waals surface area contributed by atoms with Gasteiger partial charge in [0.1, 0.15) is 0 Å². The molecule has 0 saturated heterocycles. The maximum absolute atomic E-state index is 12.7. The highest BCUT2D eigenvalue weighted by Gasteiger charge is 2.25. The molecule has 1 unspecified atom stereocenters. The van der Waals surface area contributed by atoms with Crippen LogP contribution in [0.1, 0.15) is 174 Å². The van der Waals surface area contributed by atoms with Crippen LogP contribution in [0, 0.1) is 0 Å². The number of hydrogen-bond donors (Lipinski definition) is 2. The summed E-state index contributed by atoms with van der Waals surface area (Å²) in [6.45, 7) is 7.12. The van der Waals surface area contributed by atoms with Crippen LogP contribution in [0.15, 0.2) is 60.7 Å². The van der Waals surface area contributed by atoms with Crippen molar-refractivity contribution in [2.24, 2.45) is 5.73 Å². The molecule has 2 rings (SSSR count). The third-order valence-corrected chi connectivity index (χ3v) is 10.1. The van der Waals surface area contributed by atoms with E-state index in [2.05, 4.69) is 43.4 Å². The Morgan fingerprint density at radius 3 is 1.39 bits per heavy atom. The van der Waals surface area contributed by atoms with Crippen LogP contribution < -0.4 is 21.2 Å². The van der Waals surface area contributed by atoms with Gasteiger partial charge < -0.3 is 11.1 Å². The Kier molecular flexibility index (Phi) is 33.4. The number of para-hydroxylation sites is 2. The number of carbonyl (C=O) groups excluding carboxylic acids is 1. The molecule has 1 atom stereocenters. The number of nitrogens with two attached hydrogens (primary N) is 1. The Hall–Kier alpha value is -2.32. The number of unbranched alkanes of at least 4 members (excludes halogenated alkanes) is 22. The number of hydroxylamine groups is 2. The molecule has 0 bridgehead atoms. The van der Waals surface area contributed by atoms with Crippen molar-refractivity contribution in [1.82, 2.24) is 5.32 Å². The van der Waals surface area contributed by atoms with Crippen LogP contribution in [0.4, 0.5) is 11.4 Å².